The van der Waals surface area contributed by atoms with Crippen molar-refractivity contribution in [3.8, 4) is 0 Å². The summed E-state index contributed by atoms with van der Waals surface area (Å²) in [6.45, 7) is 4.73. The average molecular weight is 260 g/mol. The summed E-state index contributed by atoms with van der Waals surface area (Å²) in [5, 5.41) is 12.3. The number of nitrogens with zero attached hydrogens (tertiary/aromatic N) is 2. The first kappa shape index (κ1) is 14.1. The summed E-state index contributed by atoms with van der Waals surface area (Å²) >= 11 is 0. The molecule has 6 nitrogen and oxygen atoms in total. The van der Waals surface area contributed by atoms with E-state index in [0.717, 1.165) is 0 Å². The highest BCUT2D eigenvalue weighted by Crippen LogP contribution is 2.08. The number of rotatable bonds is 7. The second kappa shape index (κ2) is 6.13. The molecule has 0 aliphatic rings. The molecule has 0 saturated heterocycles. The van der Waals surface area contributed by atoms with Crippen LogP contribution in [0.3, 0.4) is 0 Å². The van der Waals surface area contributed by atoms with E-state index in [1.54, 1.807) is 6.20 Å². The number of hydrogen-bond donors (Lipinski definition) is 2. The van der Waals surface area contributed by atoms with Crippen molar-refractivity contribution in [3.05, 3.63) is 18.5 Å². The molecule has 1 heterocycles. The summed E-state index contributed by atoms with van der Waals surface area (Å²) in [6, 6.07) is 2.32. The molecule has 1 rings (SSSR count). The SMILES string of the molecule is C[C@H](NCCCS(N)(=O)=O)[C@@H](C)n1cccn1. The first-order valence-corrected chi connectivity index (χ1v) is 7.34. The van der Waals surface area contributed by atoms with Crippen LogP contribution in [-0.2, 0) is 10.0 Å². The van der Waals surface area contributed by atoms with Gasteiger partial charge in [-0.1, -0.05) is 0 Å². The monoisotopic (exact) mass is 260 g/mol. The predicted molar refractivity (Wildman–Crippen MR) is 67.0 cm³/mol. The molecule has 98 valence electrons. The van der Waals surface area contributed by atoms with Crippen molar-refractivity contribution in [1.82, 2.24) is 15.1 Å². The molecule has 0 saturated carbocycles. The van der Waals surface area contributed by atoms with Gasteiger partial charge >= 0.3 is 0 Å². The third-order valence-corrected chi connectivity index (χ3v) is 3.60. The van der Waals surface area contributed by atoms with Crippen LogP contribution < -0.4 is 10.5 Å². The number of hydrogen-bond acceptors (Lipinski definition) is 4. The van der Waals surface area contributed by atoms with Crippen molar-refractivity contribution in [1.29, 1.82) is 0 Å². The van der Waals surface area contributed by atoms with Crippen molar-refractivity contribution in [2.24, 2.45) is 5.14 Å². The van der Waals surface area contributed by atoms with Crippen LogP contribution in [0.25, 0.3) is 0 Å². The highest BCUT2D eigenvalue weighted by atomic mass is 32.2. The molecule has 1 aromatic heterocycles. The number of nitrogens with two attached hydrogens (primary N) is 1. The van der Waals surface area contributed by atoms with Gasteiger partial charge in [-0.2, -0.15) is 5.10 Å². The number of sulfonamides is 1. The van der Waals surface area contributed by atoms with Gasteiger partial charge in [-0.15, -0.1) is 0 Å². The molecule has 0 spiro atoms. The number of nitrogens with one attached hydrogen (secondary N) is 1. The van der Waals surface area contributed by atoms with E-state index >= 15 is 0 Å². The van der Waals surface area contributed by atoms with Crippen molar-refractivity contribution in [2.75, 3.05) is 12.3 Å². The second-order valence-corrected chi connectivity index (χ2v) is 5.92. The molecule has 0 unspecified atom stereocenters. The molecule has 0 aliphatic heterocycles. The average Bonchev–Trinajstić information content (AvgIpc) is 2.74. The molecule has 0 fully saturated rings. The highest BCUT2D eigenvalue weighted by molar-refractivity contribution is 7.89. The van der Waals surface area contributed by atoms with Gasteiger partial charge in [0.2, 0.25) is 10.0 Å². The van der Waals surface area contributed by atoms with Crippen LogP contribution in [0.4, 0.5) is 0 Å². The zero-order valence-electron chi connectivity index (χ0n) is 10.2. The van der Waals surface area contributed by atoms with Crippen LogP contribution in [0.2, 0.25) is 0 Å². The van der Waals surface area contributed by atoms with Gasteiger partial charge in [-0.25, -0.2) is 13.6 Å². The number of primary sulfonamides is 1. The van der Waals surface area contributed by atoms with E-state index in [4.69, 9.17) is 5.14 Å². The Kier molecular flexibility index (Phi) is 5.10. The molecule has 2 atom stereocenters. The van der Waals surface area contributed by atoms with E-state index in [0.29, 0.717) is 13.0 Å². The van der Waals surface area contributed by atoms with Gasteiger partial charge in [-0.05, 0) is 32.9 Å². The molecule has 7 heteroatoms. The van der Waals surface area contributed by atoms with Crippen molar-refractivity contribution in [3.63, 3.8) is 0 Å². The maximum absolute atomic E-state index is 10.7. The topological polar surface area (TPSA) is 90.0 Å². The summed E-state index contributed by atoms with van der Waals surface area (Å²) in [5.74, 6) is 0.0167. The molecule has 0 amide bonds. The fourth-order valence-corrected chi connectivity index (χ4v) is 2.07. The zero-order valence-corrected chi connectivity index (χ0v) is 11.0. The standard InChI is InChI=1S/C10H20N4O2S/c1-9(10(2)14-7-3-6-13-14)12-5-4-8-17(11,15)16/h3,6-7,9-10,12H,4-5,8H2,1-2H3,(H2,11,15,16)/t9-,10+/m0/s1. The maximum atomic E-state index is 10.7. The fourth-order valence-electron chi connectivity index (χ4n) is 1.52. The Hall–Kier alpha value is -0.920. The van der Waals surface area contributed by atoms with Crippen molar-refractivity contribution >= 4 is 10.0 Å². The zero-order chi connectivity index (χ0) is 12.9. The number of aromatic nitrogens is 2. The van der Waals surface area contributed by atoms with Gasteiger partial charge in [0.15, 0.2) is 0 Å². The first-order valence-electron chi connectivity index (χ1n) is 5.63. The summed E-state index contributed by atoms with van der Waals surface area (Å²) in [7, 11) is -3.34. The van der Waals surface area contributed by atoms with E-state index in [-0.39, 0.29) is 17.8 Å². The summed E-state index contributed by atoms with van der Waals surface area (Å²) in [5.41, 5.74) is 0. The van der Waals surface area contributed by atoms with Gasteiger partial charge in [0.25, 0.3) is 0 Å². The lowest BCUT2D eigenvalue weighted by Gasteiger charge is -2.21. The van der Waals surface area contributed by atoms with Crippen LogP contribution in [0.5, 0.6) is 0 Å². The molecule has 0 aliphatic carbocycles. The largest absolute Gasteiger partial charge is 0.312 e. The van der Waals surface area contributed by atoms with Crippen molar-refractivity contribution < 1.29 is 8.42 Å². The first-order chi connectivity index (χ1) is 7.90. The fraction of sp³-hybridized carbons (Fsp3) is 0.700. The molecule has 17 heavy (non-hydrogen) atoms. The molecular weight excluding hydrogens is 240 g/mol. The van der Waals surface area contributed by atoms with Crippen LogP contribution in [0, 0.1) is 0 Å². The lowest BCUT2D eigenvalue weighted by atomic mass is 10.2. The summed E-state index contributed by atoms with van der Waals surface area (Å²) in [4.78, 5) is 0. The van der Waals surface area contributed by atoms with E-state index in [1.165, 1.54) is 0 Å². The molecule has 0 bridgehead atoms. The molecule has 1 aromatic rings. The Bertz CT molecular complexity index is 416. The van der Waals surface area contributed by atoms with Crippen LogP contribution in [-0.4, -0.2) is 36.5 Å². The van der Waals surface area contributed by atoms with Gasteiger partial charge in [0, 0.05) is 18.4 Å². The van der Waals surface area contributed by atoms with E-state index in [2.05, 4.69) is 17.3 Å². The highest BCUT2D eigenvalue weighted by Gasteiger charge is 2.13. The maximum Gasteiger partial charge on any atom is 0.209 e. The Balaban J connectivity index is 2.28. The van der Waals surface area contributed by atoms with Gasteiger partial charge in [0.1, 0.15) is 0 Å². The summed E-state index contributed by atoms with van der Waals surface area (Å²) in [6.07, 6.45) is 4.17. The van der Waals surface area contributed by atoms with E-state index < -0.39 is 10.0 Å². The van der Waals surface area contributed by atoms with Crippen LogP contribution >= 0.6 is 0 Å². The third-order valence-electron chi connectivity index (χ3n) is 2.74. The Morgan fingerprint density at radius 3 is 2.71 bits per heavy atom. The minimum Gasteiger partial charge on any atom is -0.312 e. The summed E-state index contributed by atoms with van der Waals surface area (Å²) < 4.78 is 23.3. The third kappa shape index (κ3) is 5.29. The van der Waals surface area contributed by atoms with Crippen LogP contribution in [0.15, 0.2) is 18.5 Å². The van der Waals surface area contributed by atoms with E-state index in [9.17, 15) is 8.42 Å². The van der Waals surface area contributed by atoms with Crippen LogP contribution in [0.1, 0.15) is 26.3 Å². The van der Waals surface area contributed by atoms with Gasteiger partial charge in [-0.3, -0.25) is 4.68 Å². The molecule has 0 aromatic carbocycles. The lowest BCUT2D eigenvalue weighted by molar-refractivity contribution is 0.367. The second-order valence-electron chi connectivity index (χ2n) is 4.19. The molecular formula is C10H20N4O2S. The van der Waals surface area contributed by atoms with Gasteiger partial charge < -0.3 is 5.32 Å². The Morgan fingerprint density at radius 1 is 1.47 bits per heavy atom. The minimum atomic E-state index is -3.34. The quantitative estimate of drug-likeness (QED) is 0.680. The Labute approximate surface area is 102 Å². The van der Waals surface area contributed by atoms with Gasteiger partial charge in [0.05, 0.1) is 11.8 Å². The lowest BCUT2D eigenvalue weighted by Crippen LogP contribution is -2.35. The normalized spacial score (nSPS) is 15.7. The Morgan fingerprint density at radius 2 is 2.18 bits per heavy atom. The predicted octanol–water partition coefficient (Wildman–Crippen LogP) is 0.101. The van der Waals surface area contributed by atoms with E-state index in [1.807, 2.05) is 23.9 Å². The molecule has 3 N–H and O–H groups in total. The van der Waals surface area contributed by atoms with Crippen molar-refractivity contribution in [2.45, 2.75) is 32.4 Å². The smallest absolute Gasteiger partial charge is 0.209 e. The minimum absolute atomic E-state index is 0.0167. The molecule has 0 radical (unpaired) electrons.